The minimum Gasteiger partial charge on any atom is -0.356 e. The summed E-state index contributed by atoms with van der Waals surface area (Å²) in [5, 5.41) is 7.05. The van der Waals surface area contributed by atoms with E-state index in [2.05, 4.69) is 10.4 Å². The Balaban J connectivity index is 1.57. The molecule has 2 heterocycles. The zero-order valence-electron chi connectivity index (χ0n) is 13.8. The van der Waals surface area contributed by atoms with E-state index >= 15 is 0 Å². The molecule has 1 saturated heterocycles. The Morgan fingerprint density at radius 1 is 1.29 bits per heavy atom. The van der Waals surface area contributed by atoms with E-state index in [1.54, 1.807) is 15.8 Å². The topological polar surface area (TPSA) is 67.2 Å². The number of nitrogens with zero attached hydrogens (tertiary/aromatic N) is 3. The minimum absolute atomic E-state index is 0.0145. The first-order chi connectivity index (χ1) is 11.6. The molecule has 126 valence electrons. The third-order valence-corrected chi connectivity index (χ3v) is 4.52. The van der Waals surface area contributed by atoms with Crippen LogP contribution in [0, 0.1) is 5.92 Å². The van der Waals surface area contributed by atoms with Gasteiger partial charge in [-0.1, -0.05) is 30.3 Å². The van der Waals surface area contributed by atoms with Gasteiger partial charge in [0.05, 0.1) is 6.04 Å². The quantitative estimate of drug-likeness (QED) is 0.877. The van der Waals surface area contributed by atoms with Gasteiger partial charge in [-0.15, -0.1) is 0 Å². The van der Waals surface area contributed by atoms with Crippen molar-refractivity contribution in [1.29, 1.82) is 0 Å². The van der Waals surface area contributed by atoms with Crippen LogP contribution in [0.3, 0.4) is 0 Å². The molecule has 24 heavy (non-hydrogen) atoms. The number of benzene rings is 1. The lowest BCUT2D eigenvalue weighted by atomic mass is 9.93. The van der Waals surface area contributed by atoms with E-state index in [1.807, 2.05) is 49.6 Å². The first-order valence-corrected chi connectivity index (χ1v) is 8.20. The number of nitrogens with one attached hydrogen (secondary N) is 1. The van der Waals surface area contributed by atoms with Gasteiger partial charge in [-0.25, -0.2) is 0 Å². The van der Waals surface area contributed by atoms with E-state index < -0.39 is 0 Å². The first kappa shape index (κ1) is 16.2. The van der Waals surface area contributed by atoms with Gasteiger partial charge >= 0.3 is 0 Å². The number of carbonyl (C=O) groups is 2. The summed E-state index contributed by atoms with van der Waals surface area (Å²) in [7, 11) is 1.83. The Morgan fingerprint density at radius 3 is 2.79 bits per heavy atom. The van der Waals surface area contributed by atoms with Crippen molar-refractivity contribution >= 4 is 11.8 Å². The number of carbonyl (C=O) groups excluding carboxylic acids is 2. The van der Waals surface area contributed by atoms with Crippen molar-refractivity contribution < 1.29 is 9.59 Å². The number of hydrogen-bond acceptors (Lipinski definition) is 3. The third-order valence-electron chi connectivity index (χ3n) is 4.52. The molecule has 1 N–H and O–H groups in total. The molecule has 2 amide bonds. The number of amides is 2. The van der Waals surface area contributed by atoms with E-state index in [0.717, 1.165) is 5.56 Å². The molecular weight excluding hydrogens is 304 g/mol. The van der Waals surface area contributed by atoms with Gasteiger partial charge in [0.25, 0.3) is 0 Å². The second-order valence-corrected chi connectivity index (χ2v) is 6.15. The van der Waals surface area contributed by atoms with Crippen LogP contribution in [0.1, 0.15) is 24.4 Å². The molecule has 1 aliphatic rings. The van der Waals surface area contributed by atoms with Crippen molar-refractivity contribution in [3.63, 3.8) is 0 Å². The Labute approximate surface area is 141 Å². The van der Waals surface area contributed by atoms with Gasteiger partial charge in [0.2, 0.25) is 11.8 Å². The van der Waals surface area contributed by atoms with Crippen molar-refractivity contribution in [2.24, 2.45) is 5.92 Å². The van der Waals surface area contributed by atoms with Crippen molar-refractivity contribution in [3.8, 4) is 0 Å². The summed E-state index contributed by atoms with van der Waals surface area (Å²) in [6.45, 7) is 1.07. The van der Waals surface area contributed by atoms with Crippen LogP contribution in [0.2, 0.25) is 0 Å². The fourth-order valence-corrected chi connectivity index (χ4v) is 3.26. The van der Waals surface area contributed by atoms with Crippen LogP contribution in [0.5, 0.6) is 0 Å². The molecule has 1 aromatic heterocycles. The van der Waals surface area contributed by atoms with Gasteiger partial charge in [-0.2, -0.15) is 5.10 Å². The molecule has 2 atom stereocenters. The Kier molecular flexibility index (Phi) is 4.93. The van der Waals surface area contributed by atoms with Crippen molar-refractivity contribution in [2.75, 3.05) is 13.6 Å². The highest BCUT2D eigenvalue weighted by molar-refractivity contribution is 5.80. The molecular formula is C18H22N4O2. The van der Waals surface area contributed by atoms with Gasteiger partial charge < -0.3 is 10.2 Å². The molecule has 0 aliphatic carbocycles. The van der Waals surface area contributed by atoms with Gasteiger partial charge in [0.1, 0.15) is 0 Å². The van der Waals surface area contributed by atoms with Crippen LogP contribution in [0.15, 0.2) is 48.8 Å². The number of likely N-dealkylation sites (tertiary alicyclic amines) is 1. The molecule has 6 nitrogen and oxygen atoms in total. The molecule has 1 fully saturated rings. The van der Waals surface area contributed by atoms with E-state index in [4.69, 9.17) is 0 Å². The van der Waals surface area contributed by atoms with Crippen LogP contribution >= 0.6 is 0 Å². The van der Waals surface area contributed by atoms with Crippen LogP contribution in [0.25, 0.3) is 0 Å². The van der Waals surface area contributed by atoms with Crippen molar-refractivity contribution in [2.45, 2.75) is 25.4 Å². The summed E-state index contributed by atoms with van der Waals surface area (Å²) in [5.74, 6) is 0.206. The highest BCUT2D eigenvalue weighted by Crippen LogP contribution is 2.36. The number of aromatic nitrogens is 2. The second kappa shape index (κ2) is 7.29. The average Bonchev–Trinajstić information content (AvgIpc) is 3.21. The zero-order valence-corrected chi connectivity index (χ0v) is 13.8. The van der Waals surface area contributed by atoms with Crippen molar-refractivity contribution in [3.05, 3.63) is 54.4 Å². The van der Waals surface area contributed by atoms with E-state index in [1.165, 1.54) is 0 Å². The van der Waals surface area contributed by atoms with Crippen LogP contribution in [0.4, 0.5) is 0 Å². The molecule has 0 saturated carbocycles. The predicted octanol–water partition coefficient (Wildman–Crippen LogP) is 1.61. The number of hydrogen-bond donors (Lipinski definition) is 1. The SMILES string of the molecule is CN1C(=O)C[C@H](CNC(=O)CCn2cccn2)[C@@H]1c1ccccc1. The maximum atomic E-state index is 12.1. The summed E-state index contributed by atoms with van der Waals surface area (Å²) in [6.07, 6.45) is 4.38. The fraction of sp³-hybridized carbons (Fsp3) is 0.389. The first-order valence-electron chi connectivity index (χ1n) is 8.20. The van der Waals surface area contributed by atoms with Gasteiger partial charge in [-0.05, 0) is 11.6 Å². The van der Waals surface area contributed by atoms with Gasteiger partial charge in [0.15, 0.2) is 0 Å². The molecule has 0 radical (unpaired) electrons. The number of aryl methyl sites for hydroxylation is 1. The summed E-state index contributed by atoms with van der Waals surface area (Å²) in [6, 6.07) is 11.8. The maximum Gasteiger partial charge on any atom is 0.223 e. The highest BCUT2D eigenvalue weighted by Gasteiger charge is 2.38. The summed E-state index contributed by atoms with van der Waals surface area (Å²) < 4.78 is 1.74. The zero-order chi connectivity index (χ0) is 16.9. The maximum absolute atomic E-state index is 12.1. The second-order valence-electron chi connectivity index (χ2n) is 6.15. The van der Waals surface area contributed by atoms with Crippen LogP contribution in [-0.4, -0.2) is 40.1 Å². The molecule has 0 bridgehead atoms. The van der Waals surface area contributed by atoms with Crippen LogP contribution < -0.4 is 5.32 Å². The largest absolute Gasteiger partial charge is 0.356 e. The fourth-order valence-electron chi connectivity index (χ4n) is 3.26. The Bertz CT molecular complexity index is 684. The minimum atomic E-state index is -0.0145. The standard InChI is InChI=1S/C18H22N4O2/c1-21-17(24)12-15(18(21)14-6-3-2-4-7-14)13-19-16(23)8-11-22-10-5-9-20-22/h2-7,9-10,15,18H,8,11-13H2,1H3,(H,19,23)/t15-,18+/m1/s1. The normalized spacial score (nSPS) is 20.4. The summed E-state index contributed by atoms with van der Waals surface area (Å²) in [4.78, 5) is 25.9. The predicted molar refractivity (Wildman–Crippen MR) is 89.9 cm³/mol. The highest BCUT2D eigenvalue weighted by atomic mass is 16.2. The Morgan fingerprint density at radius 2 is 2.08 bits per heavy atom. The average molecular weight is 326 g/mol. The molecule has 0 spiro atoms. The summed E-state index contributed by atoms with van der Waals surface area (Å²) in [5.41, 5.74) is 1.11. The molecule has 1 aromatic carbocycles. The van der Waals surface area contributed by atoms with Crippen LogP contribution in [-0.2, 0) is 16.1 Å². The summed E-state index contributed by atoms with van der Waals surface area (Å²) >= 11 is 0. The van der Waals surface area contributed by atoms with Gasteiger partial charge in [0, 0.05) is 51.3 Å². The lowest BCUT2D eigenvalue weighted by Crippen LogP contribution is -2.33. The lowest BCUT2D eigenvalue weighted by molar-refractivity contribution is -0.127. The van der Waals surface area contributed by atoms with E-state index in [9.17, 15) is 9.59 Å². The Hall–Kier alpha value is -2.63. The van der Waals surface area contributed by atoms with E-state index in [0.29, 0.717) is 25.9 Å². The molecule has 0 unspecified atom stereocenters. The van der Waals surface area contributed by atoms with Gasteiger partial charge in [-0.3, -0.25) is 14.3 Å². The monoisotopic (exact) mass is 326 g/mol. The molecule has 2 aromatic rings. The third kappa shape index (κ3) is 3.64. The molecule has 3 rings (SSSR count). The molecule has 6 heteroatoms. The van der Waals surface area contributed by atoms with Crippen molar-refractivity contribution in [1.82, 2.24) is 20.0 Å². The smallest absolute Gasteiger partial charge is 0.223 e. The lowest BCUT2D eigenvalue weighted by Gasteiger charge is -2.25. The molecule has 1 aliphatic heterocycles. The number of rotatable bonds is 6. The van der Waals surface area contributed by atoms with E-state index in [-0.39, 0.29) is 23.8 Å².